The number of hydrogen-bond acceptors (Lipinski definition) is 7. The number of amides is 1. The Kier molecular flexibility index (Phi) is 6.67. The number of fused-ring (bicyclic) bond motifs is 1. The predicted octanol–water partition coefficient (Wildman–Crippen LogP) is 2.39. The number of benzene rings is 3. The largest absolute Gasteiger partial charge is 0.508 e. The van der Waals surface area contributed by atoms with Crippen molar-refractivity contribution in [3.05, 3.63) is 54.6 Å². The standard InChI is InChI=1S/C12H11NO8S2.C6H6O/c1-6(14)13-10-4-8(22(16,17)18)2-7-3-9(23(19,20)21)5-11(15)12(7)10;7-6-4-2-1-3-5-6/h2-5,15H,1H3,(H,13,14)(H,16,17,18)(H,19,20,21);1-5,7H. The first kappa shape index (κ1) is 23.1. The summed E-state index contributed by atoms with van der Waals surface area (Å²) in [5.74, 6) is -0.875. The van der Waals surface area contributed by atoms with E-state index in [1.165, 1.54) is 0 Å². The van der Waals surface area contributed by atoms with Crippen LogP contribution in [0, 0.1) is 0 Å². The van der Waals surface area contributed by atoms with Gasteiger partial charge in [0.1, 0.15) is 11.5 Å². The van der Waals surface area contributed by atoms with Gasteiger partial charge in [-0.3, -0.25) is 13.9 Å². The van der Waals surface area contributed by atoms with Crippen LogP contribution < -0.4 is 5.32 Å². The van der Waals surface area contributed by atoms with Crippen molar-refractivity contribution in [2.45, 2.75) is 16.7 Å². The van der Waals surface area contributed by atoms with Gasteiger partial charge in [0, 0.05) is 18.4 Å². The molecule has 0 fully saturated rings. The lowest BCUT2D eigenvalue weighted by molar-refractivity contribution is -0.114. The zero-order chi connectivity index (χ0) is 22.7. The van der Waals surface area contributed by atoms with Gasteiger partial charge < -0.3 is 15.5 Å². The van der Waals surface area contributed by atoms with Gasteiger partial charge in [-0.25, -0.2) is 0 Å². The lowest BCUT2D eigenvalue weighted by Gasteiger charge is -2.12. The van der Waals surface area contributed by atoms with Crippen LogP contribution in [-0.4, -0.2) is 42.1 Å². The third kappa shape index (κ3) is 5.90. The van der Waals surface area contributed by atoms with E-state index in [4.69, 9.17) is 14.2 Å². The van der Waals surface area contributed by atoms with Gasteiger partial charge in [0.2, 0.25) is 5.91 Å². The van der Waals surface area contributed by atoms with Crippen LogP contribution in [0.1, 0.15) is 6.92 Å². The topological polar surface area (TPSA) is 178 Å². The maximum Gasteiger partial charge on any atom is 0.294 e. The molecule has 3 aromatic rings. The lowest BCUT2D eigenvalue weighted by Crippen LogP contribution is -2.08. The minimum atomic E-state index is -4.66. The van der Waals surface area contributed by atoms with Crippen LogP contribution in [0.2, 0.25) is 0 Å². The molecule has 5 N–H and O–H groups in total. The summed E-state index contributed by atoms with van der Waals surface area (Å²) in [4.78, 5) is 9.91. The summed E-state index contributed by atoms with van der Waals surface area (Å²) >= 11 is 0. The Bertz CT molecular complexity index is 1300. The quantitative estimate of drug-likeness (QED) is 0.371. The Morgan fingerprint density at radius 1 is 0.833 bits per heavy atom. The monoisotopic (exact) mass is 455 g/mol. The summed E-state index contributed by atoms with van der Waals surface area (Å²) in [6.45, 7) is 1.13. The van der Waals surface area contributed by atoms with Crippen LogP contribution in [0.4, 0.5) is 5.69 Å². The molecule has 0 aromatic heterocycles. The summed E-state index contributed by atoms with van der Waals surface area (Å²) in [6, 6.07) is 12.2. The SMILES string of the molecule is CC(=O)Nc1cc(S(=O)(=O)O)cc2cc(S(=O)(=O)O)cc(O)c12.Oc1ccccc1. The fourth-order valence-corrected chi connectivity index (χ4v) is 3.53. The number of hydrogen-bond donors (Lipinski definition) is 5. The van der Waals surface area contributed by atoms with Gasteiger partial charge in [0.05, 0.1) is 15.5 Å². The van der Waals surface area contributed by atoms with E-state index in [1.54, 1.807) is 24.3 Å². The normalized spacial score (nSPS) is 11.4. The van der Waals surface area contributed by atoms with Crippen LogP contribution in [0.5, 0.6) is 11.5 Å². The second-order valence-electron chi connectivity index (χ2n) is 5.98. The molecule has 0 spiro atoms. The second-order valence-corrected chi connectivity index (χ2v) is 8.82. The van der Waals surface area contributed by atoms with Gasteiger partial charge >= 0.3 is 0 Å². The third-order valence-corrected chi connectivity index (χ3v) is 5.30. The number of rotatable bonds is 3. The highest BCUT2D eigenvalue weighted by molar-refractivity contribution is 7.86. The van der Waals surface area contributed by atoms with Crippen molar-refractivity contribution in [2.75, 3.05) is 5.32 Å². The van der Waals surface area contributed by atoms with E-state index in [0.29, 0.717) is 5.75 Å². The minimum absolute atomic E-state index is 0.0556. The number of aromatic hydroxyl groups is 2. The highest BCUT2D eigenvalue weighted by Gasteiger charge is 2.19. The molecule has 0 heterocycles. The Morgan fingerprint density at radius 2 is 1.33 bits per heavy atom. The first-order valence-electron chi connectivity index (χ1n) is 8.06. The number of phenols is 2. The van der Waals surface area contributed by atoms with Gasteiger partial charge in [-0.15, -0.1) is 0 Å². The smallest absolute Gasteiger partial charge is 0.294 e. The van der Waals surface area contributed by atoms with Crippen molar-refractivity contribution < 1.29 is 40.9 Å². The van der Waals surface area contributed by atoms with E-state index in [9.17, 15) is 26.7 Å². The summed E-state index contributed by atoms with van der Waals surface area (Å²) in [5, 5.41) is 20.7. The van der Waals surface area contributed by atoms with E-state index in [2.05, 4.69) is 5.32 Å². The molecule has 12 heteroatoms. The number of nitrogens with one attached hydrogen (secondary N) is 1. The number of anilines is 1. The molecule has 3 rings (SSSR count). The summed E-state index contributed by atoms with van der Waals surface area (Å²) in [7, 11) is -9.32. The van der Waals surface area contributed by atoms with Gasteiger partial charge in [0.25, 0.3) is 20.2 Å². The molecule has 0 unspecified atom stereocenters. The third-order valence-electron chi connectivity index (χ3n) is 3.64. The van der Waals surface area contributed by atoms with Crippen molar-refractivity contribution in [2.24, 2.45) is 0 Å². The fraction of sp³-hybridized carbons (Fsp3) is 0.0556. The Labute approximate surface area is 171 Å². The molecule has 0 aliphatic carbocycles. The van der Waals surface area contributed by atoms with Crippen LogP contribution in [0.3, 0.4) is 0 Å². The Hall–Kier alpha value is -3.19. The van der Waals surface area contributed by atoms with E-state index in [-0.39, 0.29) is 16.5 Å². The molecule has 0 aliphatic heterocycles. The summed E-state index contributed by atoms with van der Waals surface area (Å²) < 4.78 is 63.1. The molecule has 0 saturated carbocycles. The zero-order valence-electron chi connectivity index (χ0n) is 15.3. The van der Waals surface area contributed by atoms with Crippen molar-refractivity contribution in [1.29, 1.82) is 0 Å². The highest BCUT2D eigenvalue weighted by Crippen LogP contribution is 2.36. The first-order chi connectivity index (χ1) is 13.8. The van der Waals surface area contributed by atoms with Crippen LogP contribution in [0.15, 0.2) is 64.4 Å². The average Bonchev–Trinajstić information content (AvgIpc) is 2.60. The summed E-state index contributed by atoms with van der Waals surface area (Å²) in [6.07, 6.45) is 0. The number of carbonyl (C=O) groups is 1. The maximum atomic E-state index is 11.3. The van der Waals surface area contributed by atoms with Crippen molar-refractivity contribution in [3.8, 4) is 11.5 Å². The molecule has 1 amide bonds. The first-order valence-corrected chi connectivity index (χ1v) is 10.9. The van der Waals surface area contributed by atoms with Crippen LogP contribution in [0.25, 0.3) is 10.8 Å². The van der Waals surface area contributed by atoms with Crippen molar-refractivity contribution >= 4 is 42.6 Å². The molecule has 3 aromatic carbocycles. The van der Waals surface area contributed by atoms with E-state index >= 15 is 0 Å². The van der Waals surface area contributed by atoms with Crippen molar-refractivity contribution in [1.82, 2.24) is 0 Å². The maximum absolute atomic E-state index is 11.3. The predicted molar refractivity (Wildman–Crippen MR) is 108 cm³/mol. The molecule has 160 valence electrons. The Balaban J connectivity index is 0.000000386. The Morgan fingerprint density at radius 3 is 1.73 bits per heavy atom. The molecule has 0 saturated heterocycles. The molecule has 0 aliphatic rings. The van der Waals surface area contributed by atoms with Gasteiger partial charge in [-0.1, -0.05) is 18.2 Å². The molecular weight excluding hydrogens is 438 g/mol. The summed E-state index contributed by atoms with van der Waals surface area (Å²) in [5.41, 5.74) is -0.151. The van der Waals surface area contributed by atoms with Gasteiger partial charge in [-0.05, 0) is 35.7 Å². The molecule has 0 bridgehead atoms. The van der Waals surface area contributed by atoms with Gasteiger partial charge in [-0.2, -0.15) is 16.8 Å². The molecule has 0 atom stereocenters. The van der Waals surface area contributed by atoms with E-state index in [1.807, 2.05) is 6.07 Å². The average molecular weight is 455 g/mol. The number of phenolic OH excluding ortho intramolecular Hbond substituents is 2. The highest BCUT2D eigenvalue weighted by atomic mass is 32.2. The number of carbonyl (C=O) groups excluding carboxylic acids is 1. The molecule has 10 nitrogen and oxygen atoms in total. The van der Waals surface area contributed by atoms with Crippen LogP contribution in [-0.2, 0) is 25.0 Å². The minimum Gasteiger partial charge on any atom is -0.508 e. The van der Waals surface area contributed by atoms with E-state index < -0.39 is 41.7 Å². The van der Waals surface area contributed by atoms with Crippen molar-refractivity contribution in [3.63, 3.8) is 0 Å². The van der Waals surface area contributed by atoms with Gasteiger partial charge in [0.15, 0.2) is 0 Å². The lowest BCUT2D eigenvalue weighted by atomic mass is 10.1. The fourth-order valence-electron chi connectivity index (χ4n) is 2.45. The zero-order valence-corrected chi connectivity index (χ0v) is 17.0. The molecular formula is C18H17NO9S2. The molecule has 30 heavy (non-hydrogen) atoms. The van der Waals surface area contributed by atoms with E-state index in [0.717, 1.165) is 31.2 Å². The van der Waals surface area contributed by atoms with Crippen LogP contribution >= 0.6 is 0 Å². The molecule has 0 radical (unpaired) electrons. The second kappa shape index (κ2) is 8.67. The number of para-hydroxylation sites is 1.